The zero-order chi connectivity index (χ0) is 23.5. The van der Waals surface area contributed by atoms with Crippen LogP contribution in [0.25, 0.3) is 0 Å². The molecular formula is C26H22N4O4. The topological polar surface area (TPSA) is 127 Å². The fourth-order valence-corrected chi connectivity index (χ4v) is 7.36. The Morgan fingerprint density at radius 1 is 0.500 bits per heavy atom. The van der Waals surface area contributed by atoms with Crippen molar-refractivity contribution in [2.75, 3.05) is 21.3 Å². The van der Waals surface area contributed by atoms with Gasteiger partial charge in [0.15, 0.2) is 0 Å². The zero-order valence-electron chi connectivity index (χ0n) is 18.1. The van der Waals surface area contributed by atoms with Gasteiger partial charge in [0.25, 0.3) is 0 Å². The predicted molar refractivity (Wildman–Crippen MR) is 124 cm³/mol. The third-order valence-corrected chi connectivity index (χ3v) is 8.65. The molecule has 0 spiro atoms. The first-order valence-electron chi connectivity index (χ1n) is 11.5. The van der Waals surface area contributed by atoms with E-state index in [-0.39, 0.29) is 47.3 Å². The summed E-state index contributed by atoms with van der Waals surface area (Å²) in [6.07, 6.45) is 4.01. The Balaban J connectivity index is 1.25. The van der Waals surface area contributed by atoms with Crippen molar-refractivity contribution in [3.05, 3.63) is 60.7 Å². The van der Waals surface area contributed by atoms with Crippen molar-refractivity contribution < 1.29 is 19.2 Å². The molecule has 0 radical (unpaired) electrons. The van der Waals surface area contributed by atoms with Gasteiger partial charge < -0.3 is 11.5 Å². The van der Waals surface area contributed by atoms with Crippen LogP contribution in [0.2, 0.25) is 0 Å². The van der Waals surface area contributed by atoms with Gasteiger partial charge in [0.05, 0.1) is 35.0 Å². The third-order valence-electron chi connectivity index (χ3n) is 8.65. The van der Waals surface area contributed by atoms with E-state index in [1.807, 2.05) is 12.2 Å². The number of fused-ring (bicyclic) bond motifs is 1. The zero-order valence-corrected chi connectivity index (χ0v) is 18.1. The molecular weight excluding hydrogens is 432 g/mol. The molecule has 2 bridgehead atoms. The van der Waals surface area contributed by atoms with E-state index in [4.69, 9.17) is 11.5 Å². The van der Waals surface area contributed by atoms with E-state index in [0.717, 1.165) is 0 Å². The van der Waals surface area contributed by atoms with Crippen LogP contribution in [0.15, 0.2) is 60.7 Å². The van der Waals surface area contributed by atoms with Gasteiger partial charge in [-0.1, -0.05) is 12.2 Å². The minimum absolute atomic E-state index is 0.111. The fraction of sp³-hybridized carbons (Fsp3) is 0.308. The maximum absolute atomic E-state index is 13.5. The Morgan fingerprint density at radius 3 is 1.18 bits per heavy atom. The van der Waals surface area contributed by atoms with Crippen molar-refractivity contribution in [1.82, 2.24) is 0 Å². The van der Waals surface area contributed by atoms with Gasteiger partial charge in [0, 0.05) is 11.4 Å². The third kappa shape index (κ3) is 2.18. The Kier molecular flexibility index (Phi) is 3.64. The molecule has 4 aliphatic carbocycles. The summed E-state index contributed by atoms with van der Waals surface area (Å²) in [6, 6.07) is 13.4. The summed E-state index contributed by atoms with van der Waals surface area (Å²) in [5.74, 6) is -3.51. The van der Waals surface area contributed by atoms with Gasteiger partial charge in [0.2, 0.25) is 23.6 Å². The predicted octanol–water partition coefficient (Wildman–Crippen LogP) is 1.82. The lowest BCUT2D eigenvalue weighted by Crippen LogP contribution is -2.63. The van der Waals surface area contributed by atoms with E-state index in [9.17, 15) is 19.2 Å². The molecule has 2 aromatic rings. The van der Waals surface area contributed by atoms with E-state index in [2.05, 4.69) is 0 Å². The molecule has 6 aliphatic rings. The van der Waals surface area contributed by atoms with Gasteiger partial charge in [-0.25, -0.2) is 0 Å². The van der Waals surface area contributed by atoms with Crippen LogP contribution in [0.3, 0.4) is 0 Å². The molecule has 34 heavy (non-hydrogen) atoms. The first-order chi connectivity index (χ1) is 16.4. The maximum atomic E-state index is 13.5. The van der Waals surface area contributed by atoms with Crippen molar-refractivity contribution in [3.8, 4) is 0 Å². The highest BCUT2D eigenvalue weighted by Gasteiger charge is 2.75. The minimum atomic E-state index is -0.504. The number of hydrogen-bond donors (Lipinski definition) is 2. The number of carbonyl (C=O) groups excluding carboxylic acids is 4. The number of nitrogen functional groups attached to an aromatic ring is 2. The quantitative estimate of drug-likeness (QED) is 0.405. The van der Waals surface area contributed by atoms with Crippen LogP contribution in [0.5, 0.6) is 0 Å². The number of amides is 4. The number of nitrogens with two attached hydrogens (primary N) is 2. The molecule has 0 aromatic heterocycles. The normalized spacial score (nSPS) is 37.1. The number of hydrogen-bond acceptors (Lipinski definition) is 6. The summed E-state index contributed by atoms with van der Waals surface area (Å²) >= 11 is 0. The van der Waals surface area contributed by atoms with Crippen LogP contribution in [-0.4, -0.2) is 23.6 Å². The Labute approximate surface area is 195 Å². The van der Waals surface area contributed by atoms with Gasteiger partial charge in [-0.3, -0.25) is 29.0 Å². The number of allylic oxidation sites excluding steroid dienone is 2. The average Bonchev–Trinajstić information content (AvgIpc) is 3.19. The number of carbonyl (C=O) groups is 4. The van der Waals surface area contributed by atoms with Crippen molar-refractivity contribution in [2.45, 2.75) is 0 Å². The van der Waals surface area contributed by atoms with Crippen molar-refractivity contribution >= 4 is 46.4 Å². The summed E-state index contributed by atoms with van der Waals surface area (Å²) in [6.45, 7) is 0. The molecule has 8 atom stereocenters. The first-order valence-corrected chi connectivity index (χ1v) is 11.5. The Hall–Kier alpha value is -3.94. The molecule has 4 fully saturated rings. The maximum Gasteiger partial charge on any atom is 0.238 e. The van der Waals surface area contributed by atoms with Gasteiger partial charge in [0.1, 0.15) is 0 Å². The average molecular weight is 454 g/mol. The molecule has 4 N–H and O–H groups in total. The summed E-state index contributed by atoms with van der Waals surface area (Å²) in [7, 11) is 0. The SMILES string of the molecule is Nc1ccc(N2C(=O)C3C4C=CC(C3C2=O)C2C3C(=O)N(c5ccc(N)cc5)C(=O)C3C42)cc1. The Bertz CT molecular complexity index is 1260. The lowest BCUT2D eigenvalue weighted by Gasteiger charge is -2.60. The van der Waals surface area contributed by atoms with Crippen LogP contribution in [-0.2, 0) is 19.2 Å². The summed E-state index contributed by atoms with van der Waals surface area (Å²) in [5, 5.41) is 0. The van der Waals surface area contributed by atoms with E-state index in [1.54, 1.807) is 48.5 Å². The van der Waals surface area contributed by atoms with Crippen LogP contribution in [0, 0.1) is 47.3 Å². The van der Waals surface area contributed by atoms with Gasteiger partial charge in [-0.15, -0.1) is 0 Å². The molecule has 2 aromatic carbocycles. The monoisotopic (exact) mass is 454 g/mol. The summed E-state index contributed by atoms with van der Waals surface area (Å²) in [5.41, 5.74) is 13.7. The standard InChI is InChI=1S/C26H22N4O4/c27-11-1-5-13(6-2-11)29-23(31)19-15-9-10-16(20(19)24(29)32)18-17(15)21-22(18)26(34)30(25(21)33)14-7-3-12(28)4-8-14/h1-10,15-22H,27-28H2. The van der Waals surface area contributed by atoms with Gasteiger partial charge in [-0.2, -0.15) is 0 Å². The van der Waals surface area contributed by atoms with Crippen molar-refractivity contribution in [3.63, 3.8) is 0 Å². The lowest BCUT2D eigenvalue weighted by atomic mass is 9.40. The molecule has 8 rings (SSSR count). The second-order valence-corrected chi connectivity index (χ2v) is 10.0. The molecule has 4 amide bonds. The first kappa shape index (κ1) is 19.5. The minimum Gasteiger partial charge on any atom is -0.399 e. The van der Waals surface area contributed by atoms with Crippen molar-refractivity contribution in [2.24, 2.45) is 47.3 Å². The molecule has 2 aliphatic heterocycles. The molecule has 8 heteroatoms. The summed E-state index contributed by atoms with van der Waals surface area (Å²) in [4.78, 5) is 56.4. The second-order valence-electron chi connectivity index (χ2n) is 10.0. The van der Waals surface area contributed by atoms with Gasteiger partial charge >= 0.3 is 0 Å². The smallest absolute Gasteiger partial charge is 0.238 e. The highest BCUT2D eigenvalue weighted by Crippen LogP contribution is 2.68. The number of benzene rings is 2. The highest BCUT2D eigenvalue weighted by atomic mass is 16.2. The van der Waals surface area contributed by atoms with E-state index >= 15 is 0 Å². The fourth-order valence-electron chi connectivity index (χ4n) is 7.36. The number of anilines is 4. The highest BCUT2D eigenvalue weighted by molar-refractivity contribution is 6.25. The molecule has 8 nitrogen and oxygen atoms in total. The van der Waals surface area contributed by atoms with Crippen LogP contribution in [0.4, 0.5) is 22.7 Å². The van der Waals surface area contributed by atoms with Crippen LogP contribution in [0.1, 0.15) is 0 Å². The number of rotatable bonds is 2. The number of imide groups is 2. The van der Waals surface area contributed by atoms with E-state index in [1.165, 1.54) is 9.80 Å². The summed E-state index contributed by atoms with van der Waals surface area (Å²) < 4.78 is 0. The number of nitrogens with zero attached hydrogens (tertiary/aromatic N) is 2. The second kappa shape index (κ2) is 6.34. The molecule has 2 heterocycles. The van der Waals surface area contributed by atoms with Gasteiger partial charge in [-0.05, 0) is 72.2 Å². The van der Waals surface area contributed by atoms with Crippen LogP contribution >= 0.6 is 0 Å². The Morgan fingerprint density at radius 2 is 0.824 bits per heavy atom. The molecule has 2 saturated carbocycles. The molecule has 8 unspecified atom stereocenters. The van der Waals surface area contributed by atoms with E-state index in [0.29, 0.717) is 22.7 Å². The van der Waals surface area contributed by atoms with Crippen molar-refractivity contribution in [1.29, 1.82) is 0 Å². The van der Waals surface area contributed by atoms with E-state index < -0.39 is 23.7 Å². The lowest BCUT2D eigenvalue weighted by molar-refractivity contribution is -0.166. The largest absolute Gasteiger partial charge is 0.399 e. The van der Waals surface area contributed by atoms with Crippen LogP contribution < -0.4 is 21.3 Å². The molecule has 2 saturated heterocycles. The molecule has 170 valence electrons.